The molecule has 0 radical (unpaired) electrons. The molecule has 0 fully saturated rings. The summed E-state index contributed by atoms with van der Waals surface area (Å²) in [6.45, 7) is 8.12. The third-order valence-corrected chi connectivity index (χ3v) is 1.21. The Morgan fingerprint density at radius 1 is 1.36 bits per heavy atom. The molecule has 0 spiro atoms. The second-order valence-electron chi connectivity index (χ2n) is 4.23. The number of rotatable bonds is 4. The minimum atomic E-state index is -0.318. The highest BCUT2D eigenvalue weighted by molar-refractivity contribution is 5.37. The average Bonchev–Trinajstić information content (AvgIpc) is 1.99. The third kappa shape index (κ3) is 22.5. The summed E-state index contributed by atoms with van der Waals surface area (Å²) in [6, 6.07) is 0. The fourth-order valence-electron chi connectivity index (χ4n) is 0.480. The maximum atomic E-state index is 9.60. The molecule has 0 aromatic carbocycles. The Morgan fingerprint density at radius 2 is 1.86 bits per heavy atom. The van der Waals surface area contributed by atoms with E-state index in [1.165, 1.54) is 0 Å². The summed E-state index contributed by atoms with van der Waals surface area (Å²) in [5.74, 6) is 0. The zero-order valence-electron chi connectivity index (χ0n) is 10.3. The van der Waals surface area contributed by atoms with Crippen molar-refractivity contribution in [1.29, 1.82) is 0 Å². The van der Waals surface area contributed by atoms with Crippen molar-refractivity contribution < 1.29 is 9.53 Å². The van der Waals surface area contributed by atoms with E-state index in [4.69, 9.17) is 0 Å². The van der Waals surface area contributed by atoms with Gasteiger partial charge in [0.05, 0.1) is 0 Å². The van der Waals surface area contributed by atoms with Gasteiger partial charge in [-0.3, -0.25) is 4.79 Å². The standard InChI is InChI=1S/C5H14N2.C5H10O2/c1-6-4-5-7(2)3;1-5(2,3)7-4-6/h6H,4-5H2,1-3H3;4H,1-3H3. The maximum Gasteiger partial charge on any atom is 0.293 e. The first-order valence-corrected chi connectivity index (χ1v) is 4.74. The van der Waals surface area contributed by atoms with Crippen molar-refractivity contribution in [1.82, 2.24) is 10.2 Å². The monoisotopic (exact) mass is 204 g/mol. The van der Waals surface area contributed by atoms with Gasteiger partial charge in [0, 0.05) is 13.1 Å². The number of ether oxygens (including phenoxy) is 1. The van der Waals surface area contributed by atoms with Crippen molar-refractivity contribution >= 4 is 6.47 Å². The van der Waals surface area contributed by atoms with E-state index in [0.29, 0.717) is 6.47 Å². The summed E-state index contributed by atoms with van der Waals surface area (Å²) in [6.07, 6.45) is 0. The van der Waals surface area contributed by atoms with E-state index in [0.717, 1.165) is 13.1 Å². The van der Waals surface area contributed by atoms with Crippen molar-refractivity contribution in [2.45, 2.75) is 26.4 Å². The van der Waals surface area contributed by atoms with Crippen LogP contribution < -0.4 is 5.32 Å². The van der Waals surface area contributed by atoms with E-state index < -0.39 is 0 Å². The number of carbonyl (C=O) groups excluding carboxylic acids is 1. The molecule has 0 aliphatic carbocycles. The quantitative estimate of drug-likeness (QED) is 0.685. The van der Waals surface area contributed by atoms with E-state index in [2.05, 4.69) is 29.0 Å². The largest absolute Gasteiger partial charge is 0.462 e. The van der Waals surface area contributed by atoms with Crippen molar-refractivity contribution in [2.75, 3.05) is 34.2 Å². The summed E-state index contributed by atoms with van der Waals surface area (Å²) < 4.78 is 4.55. The summed E-state index contributed by atoms with van der Waals surface area (Å²) in [4.78, 5) is 11.7. The Labute approximate surface area is 87.6 Å². The van der Waals surface area contributed by atoms with Gasteiger partial charge >= 0.3 is 0 Å². The molecule has 0 heterocycles. The first-order chi connectivity index (χ1) is 6.33. The lowest BCUT2D eigenvalue weighted by atomic mass is 10.2. The van der Waals surface area contributed by atoms with Gasteiger partial charge in [-0.15, -0.1) is 0 Å². The van der Waals surface area contributed by atoms with Crippen LogP contribution in [0.4, 0.5) is 0 Å². The molecular weight excluding hydrogens is 180 g/mol. The molecule has 0 aromatic heterocycles. The Kier molecular flexibility index (Phi) is 10.1. The van der Waals surface area contributed by atoms with Crippen molar-refractivity contribution in [2.24, 2.45) is 0 Å². The van der Waals surface area contributed by atoms with Gasteiger partial charge in [-0.05, 0) is 41.9 Å². The smallest absolute Gasteiger partial charge is 0.293 e. The number of nitrogens with one attached hydrogen (secondary N) is 1. The van der Waals surface area contributed by atoms with E-state index in [-0.39, 0.29) is 5.60 Å². The molecule has 0 saturated heterocycles. The number of likely N-dealkylation sites (N-methyl/N-ethyl adjacent to an activating group) is 2. The van der Waals surface area contributed by atoms with Crippen LogP contribution in [-0.2, 0) is 9.53 Å². The van der Waals surface area contributed by atoms with E-state index in [9.17, 15) is 4.79 Å². The maximum absolute atomic E-state index is 9.60. The van der Waals surface area contributed by atoms with Gasteiger partial charge < -0.3 is 15.0 Å². The van der Waals surface area contributed by atoms with E-state index in [1.54, 1.807) is 0 Å². The van der Waals surface area contributed by atoms with Crippen LogP contribution in [0, 0.1) is 0 Å². The molecular formula is C10H24N2O2. The molecule has 4 heteroatoms. The van der Waals surface area contributed by atoms with E-state index in [1.807, 2.05) is 27.8 Å². The molecule has 0 aliphatic rings. The molecule has 0 rings (SSSR count). The SMILES string of the molecule is CC(C)(C)OC=O.CNCCN(C)C. The molecule has 1 N–H and O–H groups in total. The third-order valence-electron chi connectivity index (χ3n) is 1.21. The highest BCUT2D eigenvalue weighted by Crippen LogP contribution is 2.02. The van der Waals surface area contributed by atoms with Crippen LogP contribution in [0.2, 0.25) is 0 Å². The van der Waals surface area contributed by atoms with Gasteiger partial charge in [0.2, 0.25) is 0 Å². The lowest BCUT2D eigenvalue weighted by Gasteiger charge is -2.14. The zero-order valence-corrected chi connectivity index (χ0v) is 10.3. The van der Waals surface area contributed by atoms with Crippen LogP contribution in [-0.4, -0.2) is 51.2 Å². The van der Waals surface area contributed by atoms with Crippen LogP contribution in [0.25, 0.3) is 0 Å². The summed E-state index contributed by atoms with van der Waals surface area (Å²) in [5, 5.41) is 3.06. The number of hydrogen-bond donors (Lipinski definition) is 1. The highest BCUT2D eigenvalue weighted by atomic mass is 16.5. The minimum absolute atomic E-state index is 0.318. The van der Waals surface area contributed by atoms with Crippen LogP contribution in [0.15, 0.2) is 0 Å². The second kappa shape index (κ2) is 8.97. The molecule has 86 valence electrons. The zero-order chi connectivity index (χ0) is 11.6. The molecule has 14 heavy (non-hydrogen) atoms. The molecule has 0 aliphatic heterocycles. The van der Waals surface area contributed by atoms with Crippen molar-refractivity contribution in [3.63, 3.8) is 0 Å². The summed E-state index contributed by atoms with van der Waals surface area (Å²) >= 11 is 0. The molecule has 0 atom stereocenters. The summed E-state index contributed by atoms with van der Waals surface area (Å²) in [5.41, 5.74) is -0.318. The molecule has 0 unspecified atom stereocenters. The molecule has 0 amide bonds. The van der Waals surface area contributed by atoms with Gasteiger partial charge in [-0.2, -0.15) is 0 Å². The number of carbonyl (C=O) groups is 1. The Morgan fingerprint density at radius 3 is 1.93 bits per heavy atom. The minimum Gasteiger partial charge on any atom is -0.462 e. The second-order valence-corrected chi connectivity index (χ2v) is 4.23. The van der Waals surface area contributed by atoms with Crippen molar-refractivity contribution in [3.05, 3.63) is 0 Å². The van der Waals surface area contributed by atoms with Gasteiger partial charge in [0.1, 0.15) is 5.60 Å². The molecule has 0 bridgehead atoms. The van der Waals surface area contributed by atoms with Gasteiger partial charge in [0.15, 0.2) is 0 Å². The fourth-order valence-corrected chi connectivity index (χ4v) is 0.480. The predicted molar refractivity (Wildman–Crippen MR) is 59.4 cm³/mol. The Balaban J connectivity index is 0. The Bertz CT molecular complexity index is 131. The topological polar surface area (TPSA) is 41.6 Å². The highest BCUT2D eigenvalue weighted by Gasteiger charge is 2.07. The average molecular weight is 204 g/mol. The van der Waals surface area contributed by atoms with Crippen molar-refractivity contribution in [3.8, 4) is 0 Å². The van der Waals surface area contributed by atoms with E-state index >= 15 is 0 Å². The predicted octanol–water partition coefficient (Wildman–Crippen LogP) is 0.725. The van der Waals surface area contributed by atoms with Gasteiger partial charge in [-0.1, -0.05) is 0 Å². The van der Waals surface area contributed by atoms with Gasteiger partial charge in [0.25, 0.3) is 6.47 Å². The van der Waals surface area contributed by atoms with Crippen LogP contribution in [0.3, 0.4) is 0 Å². The summed E-state index contributed by atoms with van der Waals surface area (Å²) in [7, 11) is 6.10. The fraction of sp³-hybridized carbons (Fsp3) is 0.900. The molecule has 0 aromatic rings. The normalized spacial score (nSPS) is 10.5. The number of nitrogens with zero attached hydrogens (tertiary/aromatic N) is 1. The number of hydrogen-bond acceptors (Lipinski definition) is 4. The van der Waals surface area contributed by atoms with Crippen LogP contribution in [0.1, 0.15) is 20.8 Å². The van der Waals surface area contributed by atoms with Gasteiger partial charge in [-0.25, -0.2) is 0 Å². The van der Waals surface area contributed by atoms with Crippen LogP contribution in [0.5, 0.6) is 0 Å². The molecule has 4 nitrogen and oxygen atoms in total. The van der Waals surface area contributed by atoms with Crippen LogP contribution >= 0.6 is 0 Å². The Hall–Kier alpha value is -0.610. The molecule has 0 saturated carbocycles. The first-order valence-electron chi connectivity index (χ1n) is 4.74. The lowest BCUT2D eigenvalue weighted by Crippen LogP contribution is -2.23. The first kappa shape index (κ1) is 15.8. The lowest BCUT2D eigenvalue weighted by molar-refractivity contribution is -0.138.